The smallest absolute Gasteiger partial charge is 0.206 e. The van der Waals surface area contributed by atoms with Crippen LogP contribution in [0.15, 0.2) is 24.3 Å². The van der Waals surface area contributed by atoms with Crippen LogP contribution in [-0.2, 0) is 7.05 Å². The highest BCUT2D eigenvalue weighted by Crippen LogP contribution is 2.25. The SMILES string of the molecule is CC1CN(c2nc3ccccc3n2C)CCC1O. The van der Waals surface area contributed by atoms with Crippen molar-refractivity contribution >= 4 is 17.0 Å². The second-order valence-corrected chi connectivity index (χ2v) is 5.24. The van der Waals surface area contributed by atoms with Gasteiger partial charge in [0.05, 0.1) is 17.1 Å². The Morgan fingerprint density at radius 1 is 1.33 bits per heavy atom. The summed E-state index contributed by atoms with van der Waals surface area (Å²) in [5.41, 5.74) is 2.19. The summed E-state index contributed by atoms with van der Waals surface area (Å²) in [6.45, 7) is 3.85. The van der Waals surface area contributed by atoms with Gasteiger partial charge >= 0.3 is 0 Å². The van der Waals surface area contributed by atoms with Crippen LogP contribution in [0.1, 0.15) is 13.3 Å². The first-order valence-electron chi connectivity index (χ1n) is 6.51. The largest absolute Gasteiger partial charge is 0.393 e. The Morgan fingerprint density at radius 2 is 2.11 bits per heavy atom. The van der Waals surface area contributed by atoms with Gasteiger partial charge in [-0.1, -0.05) is 19.1 Å². The minimum Gasteiger partial charge on any atom is -0.393 e. The van der Waals surface area contributed by atoms with E-state index in [0.717, 1.165) is 36.5 Å². The lowest BCUT2D eigenvalue weighted by atomic mass is 9.97. The van der Waals surface area contributed by atoms with Gasteiger partial charge in [-0.15, -0.1) is 0 Å². The number of hydrogen-bond acceptors (Lipinski definition) is 3. The van der Waals surface area contributed by atoms with Crippen LogP contribution in [0.4, 0.5) is 5.95 Å². The minimum atomic E-state index is -0.170. The molecule has 4 nitrogen and oxygen atoms in total. The Morgan fingerprint density at radius 3 is 2.83 bits per heavy atom. The molecule has 0 aliphatic carbocycles. The molecule has 0 bridgehead atoms. The molecule has 1 aromatic heterocycles. The lowest BCUT2D eigenvalue weighted by molar-refractivity contribution is 0.0965. The fourth-order valence-corrected chi connectivity index (χ4v) is 2.73. The third-order valence-corrected chi connectivity index (χ3v) is 3.91. The average molecular weight is 245 g/mol. The standard InChI is InChI=1S/C14H19N3O/c1-10-9-17(8-7-13(10)18)14-15-11-5-3-4-6-12(11)16(14)2/h3-6,10,13,18H,7-9H2,1-2H3. The van der Waals surface area contributed by atoms with Crippen LogP contribution in [-0.4, -0.2) is 33.9 Å². The molecule has 0 radical (unpaired) electrons. The first-order valence-corrected chi connectivity index (χ1v) is 6.51. The van der Waals surface area contributed by atoms with Crippen molar-refractivity contribution in [3.05, 3.63) is 24.3 Å². The van der Waals surface area contributed by atoms with Crippen LogP contribution in [0.5, 0.6) is 0 Å². The number of imidazole rings is 1. The Labute approximate surface area is 107 Å². The number of hydrogen-bond donors (Lipinski definition) is 1. The van der Waals surface area contributed by atoms with E-state index in [1.165, 1.54) is 0 Å². The quantitative estimate of drug-likeness (QED) is 0.832. The maximum atomic E-state index is 9.80. The number of aryl methyl sites for hydroxylation is 1. The number of anilines is 1. The molecule has 2 aromatic rings. The molecule has 1 aliphatic heterocycles. The van der Waals surface area contributed by atoms with Crippen LogP contribution < -0.4 is 4.90 Å². The van der Waals surface area contributed by atoms with Gasteiger partial charge in [-0.25, -0.2) is 4.98 Å². The van der Waals surface area contributed by atoms with E-state index in [0.29, 0.717) is 5.92 Å². The average Bonchev–Trinajstić information content (AvgIpc) is 2.71. The number of fused-ring (bicyclic) bond motifs is 1. The number of aliphatic hydroxyl groups excluding tert-OH is 1. The molecule has 0 amide bonds. The Balaban J connectivity index is 1.97. The molecule has 3 rings (SSSR count). The molecule has 4 heteroatoms. The van der Waals surface area contributed by atoms with E-state index >= 15 is 0 Å². The Kier molecular flexibility index (Phi) is 2.74. The third-order valence-electron chi connectivity index (χ3n) is 3.91. The molecule has 1 aromatic carbocycles. The van der Waals surface area contributed by atoms with Crippen LogP contribution in [0.3, 0.4) is 0 Å². The number of para-hydroxylation sites is 2. The number of piperidine rings is 1. The molecule has 18 heavy (non-hydrogen) atoms. The molecule has 1 N–H and O–H groups in total. The zero-order valence-corrected chi connectivity index (χ0v) is 10.9. The van der Waals surface area contributed by atoms with Crippen molar-refractivity contribution in [1.82, 2.24) is 9.55 Å². The molecule has 0 saturated carbocycles. The van der Waals surface area contributed by atoms with Crippen LogP contribution >= 0.6 is 0 Å². The van der Waals surface area contributed by atoms with E-state index in [4.69, 9.17) is 4.98 Å². The lowest BCUT2D eigenvalue weighted by Crippen LogP contribution is -2.43. The number of nitrogens with zero attached hydrogens (tertiary/aromatic N) is 3. The van der Waals surface area contributed by atoms with E-state index in [9.17, 15) is 5.11 Å². The maximum absolute atomic E-state index is 9.80. The number of rotatable bonds is 1. The summed E-state index contributed by atoms with van der Waals surface area (Å²) >= 11 is 0. The highest BCUT2D eigenvalue weighted by Gasteiger charge is 2.26. The van der Waals surface area contributed by atoms with Crippen LogP contribution in [0.2, 0.25) is 0 Å². The second-order valence-electron chi connectivity index (χ2n) is 5.24. The monoisotopic (exact) mass is 245 g/mol. The van der Waals surface area contributed by atoms with Crippen molar-refractivity contribution in [2.24, 2.45) is 13.0 Å². The molecular formula is C14H19N3O. The van der Waals surface area contributed by atoms with Crippen molar-refractivity contribution in [2.45, 2.75) is 19.4 Å². The molecule has 96 valence electrons. The van der Waals surface area contributed by atoms with E-state index < -0.39 is 0 Å². The lowest BCUT2D eigenvalue weighted by Gasteiger charge is -2.34. The van der Waals surface area contributed by atoms with E-state index in [-0.39, 0.29) is 6.10 Å². The van der Waals surface area contributed by atoms with Gasteiger partial charge in [0, 0.05) is 20.1 Å². The van der Waals surface area contributed by atoms with Gasteiger partial charge in [0.1, 0.15) is 0 Å². The predicted octanol–water partition coefficient (Wildman–Crippen LogP) is 1.78. The normalized spacial score (nSPS) is 24.7. The topological polar surface area (TPSA) is 41.3 Å². The summed E-state index contributed by atoms with van der Waals surface area (Å²) < 4.78 is 2.14. The third kappa shape index (κ3) is 1.77. The van der Waals surface area contributed by atoms with Crippen LogP contribution in [0.25, 0.3) is 11.0 Å². The molecular weight excluding hydrogens is 226 g/mol. The van der Waals surface area contributed by atoms with Crippen LogP contribution in [0, 0.1) is 5.92 Å². The summed E-state index contributed by atoms with van der Waals surface area (Å²) in [6.07, 6.45) is 0.653. The van der Waals surface area contributed by atoms with Gasteiger partial charge in [-0.3, -0.25) is 0 Å². The van der Waals surface area contributed by atoms with E-state index in [1.54, 1.807) is 0 Å². The summed E-state index contributed by atoms with van der Waals surface area (Å²) in [5, 5.41) is 9.80. The molecule has 1 saturated heterocycles. The van der Waals surface area contributed by atoms with Crippen molar-refractivity contribution in [2.75, 3.05) is 18.0 Å². The molecule has 0 spiro atoms. The number of aromatic nitrogens is 2. The molecule has 1 fully saturated rings. The summed E-state index contributed by atoms with van der Waals surface area (Å²) in [4.78, 5) is 6.98. The molecule has 2 unspecified atom stereocenters. The van der Waals surface area contributed by atoms with Gasteiger partial charge in [-0.05, 0) is 24.5 Å². The molecule has 1 aliphatic rings. The van der Waals surface area contributed by atoms with Crippen molar-refractivity contribution in [3.63, 3.8) is 0 Å². The minimum absolute atomic E-state index is 0.170. The zero-order valence-electron chi connectivity index (χ0n) is 10.9. The van der Waals surface area contributed by atoms with E-state index in [2.05, 4.69) is 29.5 Å². The van der Waals surface area contributed by atoms with Crippen molar-refractivity contribution in [1.29, 1.82) is 0 Å². The number of benzene rings is 1. The Bertz CT molecular complexity index is 563. The van der Waals surface area contributed by atoms with Gasteiger partial charge in [-0.2, -0.15) is 0 Å². The first kappa shape index (κ1) is 11.5. The Hall–Kier alpha value is -1.55. The van der Waals surface area contributed by atoms with Crippen molar-refractivity contribution in [3.8, 4) is 0 Å². The maximum Gasteiger partial charge on any atom is 0.206 e. The predicted molar refractivity (Wildman–Crippen MR) is 72.7 cm³/mol. The summed E-state index contributed by atoms with van der Waals surface area (Å²) in [7, 11) is 2.06. The van der Waals surface area contributed by atoms with Gasteiger partial charge in [0.25, 0.3) is 0 Å². The highest BCUT2D eigenvalue weighted by molar-refractivity contribution is 5.78. The van der Waals surface area contributed by atoms with Crippen molar-refractivity contribution < 1.29 is 5.11 Å². The van der Waals surface area contributed by atoms with Gasteiger partial charge in [0.15, 0.2) is 0 Å². The van der Waals surface area contributed by atoms with E-state index in [1.807, 2.05) is 18.2 Å². The van der Waals surface area contributed by atoms with Gasteiger partial charge < -0.3 is 14.6 Å². The molecule has 2 atom stereocenters. The summed E-state index contributed by atoms with van der Waals surface area (Å²) in [6, 6.07) is 8.19. The van der Waals surface area contributed by atoms with Gasteiger partial charge in [0.2, 0.25) is 5.95 Å². The zero-order chi connectivity index (χ0) is 12.7. The fraction of sp³-hybridized carbons (Fsp3) is 0.500. The second kappa shape index (κ2) is 4.28. The number of aliphatic hydroxyl groups is 1. The summed E-state index contributed by atoms with van der Waals surface area (Å²) in [5.74, 6) is 1.31. The molecule has 2 heterocycles. The first-order chi connectivity index (χ1) is 8.66. The fourth-order valence-electron chi connectivity index (χ4n) is 2.73. The highest BCUT2D eigenvalue weighted by atomic mass is 16.3.